The fraction of sp³-hybridized carbons (Fsp3) is 0.105. The van der Waals surface area contributed by atoms with Gasteiger partial charge in [0.15, 0.2) is 5.78 Å². The third kappa shape index (κ3) is 2.93. The number of hydrogen-bond acceptors (Lipinski definition) is 3. The molecule has 110 valence electrons. The van der Waals surface area contributed by atoms with Gasteiger partial charge in [-0.05, 0) is 23.8 Å². The Morgan fingerprint density at radius 1 is 1.14 bits per heavy atom. The van der Waals surface area contributed by atoms with Gasteiger partial charge in [-0.15, -0.1) is 0 Å². The molecule has 2 aromatic rings. The molecule has 1 aliphatic rings. The van der Waals surface area contributed by atoms with Gasteiger partial charge in [0, 0.05) is 5.57 Å². The Bertz CT molecular complexity index is 743. The summed E-state index contributed by atoms with van der Waals surface area (Å²) < 4.78 is 10.8. The number of allylic oxidation sites excluding steroid dienone is 2. The van der Waals surface area contributed by atoms with Crippen molar-refractivity contribution in [2.24, 2.45) is 0 Å². The first-order valence-corrected chi connectivity index (χ1v) is 7.06. The number of carbonyl (C=O) groups is 1. The maximum absolute atomic E-state index is 12.5. The Labute approximate surface area is 129 Å². The van der Waals surface area contributed by atoms with Crippen LogP contribution in [0.1, 0.15) is 15.9 Å². The van der Waals surface area contributed by atoms with E-state index in [9.17, 15) is 4.79 Å². The largest absolute Gasteiger partial charge is 0.497 e. The zero-order chi connectivity index (χ0) is 15.4. The second-order valence-corrected chi connectivity index (χ2v) is 4.94. The van der Waals surface area contributed by atoms with E-state index in [2.05, 4.69) is 0 Å². The predicted octanol–water partition coefficient (Wildman–Crippen LogP) is 3.91. The number of ether oxygens (including phenoxy) is 2. The monoisotopic (exact) mass is 292 g/mol. The lowest BCUT2D eigenvalue weighted by atomic mass is 9.99. The fourth-order valence-corrected chi connectivity index (χ4v) is 2.30. The van der Waals surface area contributed by atoms with E-state index in [0.29, 0.717) is 22.6 Å². The van der Waals surface area contributed by atoms with Gasteiger partial charge in [-0.25, -0.2) is 0 Å². The van der Waals surface area contributed by atoms with Crippen LogP contribution in [0.4, 0.5) is 0 Å². The molecule has 0 spiro atoms. The summed E-state index contributed by atoms with van der Waals surface area (Å²) in [6.07, 6.45) is 5.64. The molecule has 2 aromatic carbocycles. The molecule has 1 heterocycles. The highest BCUT2D eigenvalue weighted by atomic mass is 16.5. The molecule has 0 aliphatic carbocycles. The molecule has 0 atom stereocenters. The summed E-state index contributed by atoms with van der Waals surface area (Å²) in [6, 6.07) is 15.2. The van der Waals surface area contributed by atoms with Crippen molar-refractivity contribution >= 4 is 11.9 Å². The van der Waals surface area contributed by atoms with Crippen molar-refractivity contribution in [2.75, 3.05) is 13.7 Å². The summed E-state index contributed by atoms with van der Waals surface area (Å²) in [5.41, 5.74) is 2.27. The molecule has 0 unspecified atom stereocenters. The Balaban J connectivity index is 1.83. The molecule has 0 fully saturated rings. The van der Waals surface area contributed by atoms with Gasteiger partial charge >= 0.3 is 0 Å². The van der Waals surface area contributed by atoms with Crippen LogP contribution in [0.5, 0.6) is 11.5 Å². The Kier molecular flexibility index (Phi) is 4.05. The summed E-state index contributed by atoms with van der Waals surface area (Å²) in [6.45, 7) is 0.289. The van der Waals surface area contributed by atoms with Crippen LogP contribution in [0.2, 0.25) is 0 Å². The fourth-order valence-electron chi connectivity index (χ4n) is 2.30. The van der Waals surface area contributed by atoms with E-state index in [1.54, 1.807) is 31.4 Å². The normalized spacial score (nSPS) is 15.7. The summed E-state index contributed by atoms with van der Waals surface area (Å²) in [5, 5.41) is 0. The third-order valence-electron chi connectivity index (χ3n) is 3.49. The summed E-state index contributed by atoms with van der Waals surface area (Å²) >= 11 is 0. The lowest BCUT2D eigenvalue weighted by Gasteiger charge is -2.19. The Hall–Kier alpha value is -2.81. The van der Waals surface area contributed by atoms with Crippen molar-refractivity contribution in [3.63, 3.8) is 0 Å². The first kappa shape index (κ1) is 14.1. The molecule has 0 radical (unpaired) electrons. The minimum Gasteiger partial charge on any atom is -0.497 e. The van der Waals surface area contributed by atoms with E-state index in [4.69, 9.17) is 9.47 Å². The van der Waals surface area contributed by atoms with Crippen LogP contribution in [-0.2, 0) is 0 Å². The number of fused-ring (bicyclic) bond motifs is 1. The second-order valence-electron chi connectivity index (χ2n) is 4.94. The molecule has 3 heteroatoms. The van der Waals surface area contributed by atoms with Crippen LogP contribution in [0, 0.1) is 0 Å². The standard InChI is InChI=1S/C19H16O3/c1-21-16-10-11-18-17(12-16)19(20)15(13-22-18)9-5-8-14-6-3-2-4-7-14/h2-12H,13H2,1H3/b8-5+,15-9+. The second kappa shape index (κ2) is 6.31. The molecule has 22 heavy (non-hydrogen) atoms. The number of hydrogen-bond donors (Lipinski definition) is 0. The molecule has 0 saturated carbocycles. The number of rotatable bonds is 3. The molecule has 1 aliphatic heterocycles. The number of methoxy groups -OCH3 is 1. The van der Waals surface area contributed by atoms with Gasteiger partial charge in [0.1, 0.15) is 18.1 Å². The van der Waals surface area contributed by atoms with Crippen molar-refractivity contribution in [3.8, 4) is 11.5 Å². The smallest absolute Gasteiger partial charge is 0.196 e. The van der Waals surface area contributed by atoms with E-state index in [1.807, 2.05) is 42.5 Å². The van der Waals surface area contributed by atoms with Crippen LogP contribution in [-0.4, -0.2) is 19.5 Å². The molecule has 0 bridgehead atoms. The SMILES string of the molecule is COc1ccc2c(c1)C(=O)/C(=C/C=C/c1ccccc1)CO2. The molecular formula is C19H16O3. The van der Waals surface area contributed by atoms with Gasteiger partial charge in [0.2, 0.25) is 0 Å². The van der Waals surface area contributed by atoms with Gasteiger partial charge in [0.25, 0.3) is 0 Å². The maximum atomic E-state index is 12.5. The molecular weight excluding hydrogens is 276 g/mol. The minimum absolute atomic E-state index is 0.0159. The lowest BCUT2D eigenvalue weighted by molar-refractivity contribution is 0.0999. The quantitative estimate of drug-likeness (QED) is 0.805. The van der Waals surface area contributed by atoms with Crippen LogP contribution in [0.25, 0.3) is 6.08 Å². The highest BCUT2D eigenvalue weighted by molar-refractivity contribution is 6.12. The number of carbonyl (C=O) groups excluding carboxylic acids is 1. The zero-order valence-corrected chi connectivity index (χ0v) is 12.3. The van der Waals surface area contributed by atoms with E-state index < -0.39 is 0 Å². The first-order chi connectivity index (χ1) is 10.8. The van der Waals surface area contributed by atoms with Crippen LogP contribution in [0.15, 0.2) is 66.3 Å². The summed E-state index contributed by atoms with van der Waals surface area (Å²) in [4.78, 5) is 12.5. The molecule has 3 nitrogen and oxygen atoms in total. The topological polar surface area (TPSA) is 35.5 Å². The molecule has 0 amide bonds. The highest BCUT2D eigenvalue weighted by Crippen LogP contribution is 2.30. The number of Topliss-reactive ketones (excluding diaryl/α,β-unsaturated/α-hetero) is 1. The maximum Gasteiger partial charge on any atom is 0.196 e. The van der Waals surface area contributed by atoms with Gasteiger partial charge in [0.05, 0.1) is 12.7 Å². The minimum atomic E-state index is -0.0159. The highest BCUT2D eigenvalue weighted by Gasteiger charge is 2.23. The number of benzene rings is 2. The van der Waals surface area contributed by atoms with E-state index in [-0.39, 0.29) is 12.4 Å². The van der Waals surface area contributed by atoms with E-state index >= 15 is 0 Å². The van der Waals surface area contributed by atoms with E-state index in [0.717, 1.165) is 5.56 Å². The van der Waals surface area contributed by atoms with E-state index in [1.165, 1.54) is 0 Å². The Morgan fingerprint density at radius 3 is 2.73 bits per heavy atom. The summed E-state index contributed by atoms with van der Waals surface area (Å²) in [5.74, 6) is 1.24. The Morgan fingerprint density at radius 2 is 1.95 bits per heavy atom. The van der Waals surface area contributed by atoms with Crippen molar-refractivity contribution in [2.45, 2.75) is 0 Å². The molecule has 0 saturated heterocycles. The van der Waals surface area contributed by atoms with Crippen LogP contribution >= 0.6 is 0 Å². The van der Waals surface area contributed by atoms with Gasteiger partial charge in [-0.3, -0.25) is 4.79 Å². The first-order valence-electron chi connectivity index (χ1n) is 7.06. The lowest BCUT2D eigenvalue weighted by Crippen LogP contribution is -2.19. The third-order valence-corrected chi connectivity index (χ3v) is 3.49. The van der Waals surface area contributed by atoms with Crippen molar-refractivity contribution in [3.05, 3.63) is 77.4 Å². The van der Waals surface area contributed by atoms with Gasteiger partial charge in [-0.1, -0.05) is 48.6 Å². The molecule has 3 rings (SSSR count). The van der Waals surface area contributed by atoms with Crippen molar-refractivity contribution < 1.29 is 14.3 Å². The van der Waals surface area contributed by atoms with Gasteiger partial charge in [-0.2, -0.15) is 0 Å². The van der Waals surface area contributed by atoms with Crippen molar-refractivity contribution in [1.29, 1.82) is 0 Å². The van der Waals surface area contributed by atoms with Crippen LogP contribution < -0.4 is 9.47 Å². The average molecular weight is 292 g/mol. The average Bonchev–Trinajstić information content (AvgIpc) is 2.58. The summed E-state index contributed by atoms with van der Waals surface area (Å²) in [7, 11) is 1.58. The van der Waals surface area contributed by atoms with Gasteiger partial charge < -0.3 is 9.47 Å². The molecule has 0 aromatic heterocycles. The van der Waals surface area contributed by atoms with Crippen molar-refractivity contribution in [1.82, 2.24) is 0 Å². The number of ketones is 1. The predicted molar refractivity (Wildman–Crippen MR) is 86.4 cm³/mol. The van der Waals surface area contributed by atoms with Crippen LogP contribution in [0.3, 0.4) is 0 Å². The zero-order valence-electron chi connectivity index (χ0n) is 12.3. The molecule has 0 N–H and O–H groups in total.